The Morgan fingerprint density at radius 3 is 2.30 bits per heavy atom. The van der Waals surface area contributed by atoms with Crippen molar-refractivity contribution in [3.63, 3.8) is 0 Å². The Labute approximate surface area is 175 Å². The van der Waals surface area contributed by atoms with E-state index in [9.17, 15) is 9.59 Å². The molecule has 0 bridgehead atoms. The van der Waals surface area contributed by atoms with Crippen molar-refractivity contribution in [2.75, 3.05) is 19.5 Å². The molecular formula is C23H25N3O4. The maximum atomic E-state index is 12.8. The van der Waals surface area contributed by atoms with E-state index >= 15 is 0 Å². The van der Waals surface area contributed by atoms with Gasteiger partial charge in [-0.2, -0.15) is 5.10 Å². The van der Waals surface area contributed by atoms with Crippen LogP contribution in [-0.4, -0.2) is 29.9 Å². The first kappa shape index (κ1) is 21.1. The fraction of sp³-hybridized carbons (Fsp3) is 0.261. The Morgan fingerprint density at radius 1 is 1.00 bits per heavy atom. The molecule has 0 spiro atoms. The van der Waals surface area contributed by atoms with Crippen LogP contribution in [0.5, 0.6) is 11.5 Å². The number of benzene rings is 2. The summed E-state index contributed by atoms with van der Waals surface area (Å²) in [6.07, 6.45) is 0. The zero-order chi connectivity index (χ0) is 21.8. The molecule has 30 heavy (non-hydrogen) atoms. The van der Waals surface area contributed by atoms with Crippen molar-refractivity contribution in [1.29, 1.82) is 0 Å². The van der Waals surface area contributed by atoms with Crippen LogP contribution in [0, 0.1) is 13.8 Å². The summed E-state index contributed by atoms with van der Waals surface area (Å²) in [6, 6.07) is 13.4. The molecule has 1 N–H and O–H groups in total. The minimum Gasteiger partial charge on any atom is -0.497 e. The predicted octanol–water partition coefficient (Wildman–Crippen LogP) is 3.74. The van der Waals surface area contributed by atoms with Crippen LogP contribution in [0.2, 0.25) is 0 Å². The van der Waals surface area contributed by atoms with Gasteiger partial charge in [0, 0.05) is 35.5 Å². The molecule has 0 radical (unpaired) electrons. The standard InChI is InChI=1S/C23H25N3O4/c1-14-6-7-15(2)20(10-14)21-8-9-22(27)26(25-21)16(3)23(28)24-17-11-18(29-4)13-19(12-17)30-5/h6-13,16H,1-5H3,(H,24,28). The number of aromatic nitrogens is 2. The molecule has 0 saturated carbocycles. The lowest BCUT2D eigenvalue weighted by atomic mass is 10.0. The van der Waals surface area contributed by atoms with Crippen LogP contribution in [0.1, 0.15) is 24.1 Å². The van der Waals surface area contributed by atoms with E-state index in [1.807, 2.05) is 32.0 Å². The Morgan fingerprint density at radius 2 is 1.67 bits per heavy atom. The van der Waals surface area contributed by atoms with E-state index in [4.69, 9.17) is 9.47 Å². The number of hydrogen-bond acceptors (Lipinski definition) is 5. The fourth-order valence-electron chi connectivity index (χ4n) is 3.10. The van der Waals surface area contributed by atoms with E-state index in [1.165, 1.54) is 25.0 Å². The monoisotopic (exact) mass is 407 g/mol. The lowest BCUT2D eigenvalue weighted by molar-refractivity contribution is -0.119. The summed E-state index contributed by atoms with van der Waals surface area (Å²) < 4.78 is 11.7. The Kier molecular flexibility index (Phi) is 6.20. The zero-order valence-corrected chi connectivity index (χ0v) is 17.7. The van der Waals surface area contributed by atoms with E-state index in [2.05, 4.69) is 10.4 Å². The molecule has 1 heterocycles. The van der Waals surface area contributed by atoms with Gasteiger partial charge in [-0.25, -0.2) is 4.68 Å². The Bertz CT molecular complexity index is 1120. The second-order valence-corrected chi connectivity index (χ2v) is 7.09. The topological polar surface area (TPSA) is 82.5 Å². The fourth-order valence-corrected chi connectivity index (χ4v) is 3.10. The third kappa shape index (κ3) is 4.51. The van der Waals surface area contributed by atoms with Crippen LogP contribution in [0.25, 0.3) is 11.3 Å². The maximum absolute atomic E-state index is 12.8. The van der Waals surface area contributed by atoms with Gasteiger partial charge in [0.2, 0.25) is 5.91 Å². The first-order valence-electron chi connectivity index (χ1n) is 9.54. The average molecular weight is 407 g/mol. The predicted molar refractivity (Wildman–Crippen MR) is 116 cm³/mol. The third-order valence-electron chi connectivity index (χ3n) is 4.86. The number of aryl methyl sites for hydroxylation is 2. The van der Waals surface area contributed by atoms with Gasteiger partial charge in [-0.1, -0.05) is 17.7 Å². The molecule has 2 aromatic carbocycles. The van der Waals surface area contributed by atoms with E-state index in [0.717, 1.165) is 16.7 Å². The van der Waals surface area contributed by atoms with E-state index < -0.39 is 6.04 Å². The van der Waals surface area contributed by atoms with Crippen LogP contribution < -0.4 is 20.3 Å². The van der Waals surface area contributed by atoms with Crippen LogP contribution in [0.4, 0.5) is 5.69 Å². The smallest absolute Gasteiger partial charge is 0.267 e. The summed E-state index contributed by atoms with van der Waals surface area (Å²) in [5.41, 5.74) is 3.84. The molecule has 7 nitrogen and oxygen atoms in total. The number of carbonyl (C=O) groups excluding carboxylic acids is 1. The average Bonchev–Trinajstić information content (AvgIpc) is 2.75. The van der Waals surface area contributed by atoms with Crippen molar-refractivity contribution in [1.82, 2.24) is 9.78 Å². The number of hydrogen-bond donors (Lipinski definition) is 1. The summed E-state index contributed by atoms with van der Waals surface area (Å²) in [5.74, 6) is 0.715. The summed E-state index contributed by atoms with van der Waals surface area (Å²) >= 11 is 0. The first-order valence-corrected chi connectivity index (χ1v) is 9.54. The van der Waals surface area contributed by atoms with Crippen molar-refractivity contribution in [3.8, 4) is 22.8 Å². The van der Waals surface area contributed by atoms with Gasteiger partial charge >= 0.3 is 0 Å². The molecule has 0 saturated heterocycles. The molecule has 0 aliphatic heterocycles. The zero-order valence-electron chi connectivity index (χ0n) is 17.7. The second-order valence-electron chi connectivity index (χ2n) is 7.09. The summed E-state index contributed by atoms with van der Waals surface area (Å²) in [5, 5.41) is 7.27. The van der Waals surface area contributed by atoms with Gasteiger partial charge in [-0.15, -0.1) is 0 Å². The Hall–Kier alpha value is -3.61. The van der Waals surface area contributed by atoms with Crippen molar-refractivity contribution >= 4 is 11.6 Å². The minimum atomic E-state index is -0.820. The summed E-state index contributed by atoms with van der Waals surface area (Å²) in [4.78, 5) is 25.3. The molecule has 0 aliphatic carbocycles. The van der Waals surface area contributed by atoms with E-state index in [0.29, 0.717) is 22.9 Å². The number of methoxy groups -OCH3 is 2. The first-order chi connectivity index (χ1) is 14.3. The molecule has 1 unspecified atom stereocenters. The number of anilines is 1. The van der Waals surface area contributed by atoms with Crippen molar-refractivity contribution in [3.05, 3.63) is 70.0 Å². The number of nitrogens with one attached hydrogen (secondary N) is 1. The molecule has 3 rings (SSSR count). The minimum absolute atomic E-state index is 0.352. The van der Waals surface area contributed by atoms with Crippen LogP contribution in [-0.2, 0) is 4.79 Å². The van der Waals surface area contributed by atoms with Gasteiger partial charge in [0.25, 0.3) is 5.56 Å². The number of amides is 1. The van der Waals surface area contributed by atoms with Crippen molar-refractivity contribution < 1.29 is 14.3 Å². The maximum Gasteiger partial charge on any atom is 0.267 e. The Balaban J connectivity index is 1.91. The highest BCUT2D eigenvalue weighted by Crippen LogP contribution is 2.26. The number of nitrogens with zero attached hydrogens (tertiary/aromatic N) is 2. The molecule has 0 fully saturated rings. The molecule has 1 amide bonds. The highest BCUT2D eigenvalue weighted by molar-refractivity contribution is 5.93. The lowest BCUT2D eigenvalue weighted by Crippen LogP contribution is -2.33. The molecule has 3 aromatic rings. The highest BCUT2D eigenvalue weighted by Gasteiger charge is 2.19. The summed E-state index contributed by atoms with van der Waals surface area (Å²) in [7, 11) is 3.07. The number of carbonyl (C=O) groups is 1. The van der Waals surface area contributed by atoms with Crippen molar-refractivity contribution in [2.24, 2.45) is 0 Å². The number of ether oxygens (including phenoxy) is 2. The van der Waals surface area contributed by atoms with Crippen LogP contribution in [0.15, 0.2) is 53.3 Å². The lowest BCUT2D eigenvalue weighted by Gasteiger charge is -2.16. The normalized spacial score (nSPS) is 11.6. The molecule has 156 valence electrons. The largest absolute Gasteiger partial charge is 0.497 e. The third-order valence-corrected chi connectivity index (χ3v) is 4.86. The molecule has 1 atom stereocenters. The van der Waals surface area contributed by atoms with Crippen molar-refractivity contribution in [2.45, 2.75) is 26.8 Å². The van der Waals surface area contributed by atoms with Crippen LogP contribution in [0.3, 0.4) is 0 Å². The van der Waals surface area contributed by atoms with Gasteiger partial charge in [0.05, 0.1) is 19.9 Å². The van der Waals surface area contributed by atoms with Gasteiger partial charge in [-0.05, 0) is 38.5 Å². The summed E-state index contributed by atoms with van der Waals surface area (Å²) in [6.45, 7) is 5.61. The SMILES string of the molecule is COc1cc(NC(=O)C(C)n2nc(-c3cc(C)ccc3C)ccc2=O)cc(OC)c1. The second kappa shape index (κ2) is 8.82. The molecule has 0 aliphatic rings. The molecule has 1 aromatic heterocycles. The van der Waals surface area contributed by atoms with E-state index in [1.54, 1.807) is 31.2 Å². The molecule has 7 heteroatoms. The van der Waals surface area contributed by atoms with Gasteiger partial charge in [0.15, 0.2) is 0 Å². The van der Waals surface area contributed by atoms with Gasteiger partial charge in [-0.3, -0.25) is 9.59 Å². The molecular weight excluding hydrogens is 382 g/mol. The van der Waals surface area contributed by atoms with Gasteiger partial charge < -0.3 is 14.8 Å². The van der Waals surface area contributed by atoms with Crippen LogP contribution >= 0.6 is 0 Å². The van der Waals surface area contributed by atoms with E-state index in [-0.39, 0.29) is 11.5 Å². The quantitative estimate of drug-likeness (QED) is 0.673. The highest BCUT2D eigenvalue weighted by atomic mass is 16.5. The number of rotatable bonds is 6. The van der Waals surface area contributed by atoms with Gasteiger partial charge in [0.1, 0.15) is 17.5 Å².